The van der Waals surface area contributed by atoms with Crippen LogP contribution in [0.5, 0.6) is 0 Å². The lowest BCUT2D eigenvalue weighted by molar-refractivity contribution is -0.114. The maximum atomic E-state index is 12.3. The summed E-state index contributed by atoms with van der Waals surface area (Å²) in [5, 5.41) is 0. The minimum atomic E-state index is -0.220. The third-order valence-corrected chi connectivity index (χ3v) is 3.53. The van der Waals surface area contributed by atoms with Crippen LogP contribution < -0.4 is 10.5 Å². The predicted molar refractivity (Wildman–Crippen MR) is 80.2 cm³/mol. The van der Waals surface area contributed by atoms with Crippen molar-refractivity contribution in [3.05, 3.63) is 57.9 Å². The molecule has 5 heteroatoms. The van der Waals surface area contributed by atoms with Gasteiger partial charge in [0.1, 0.15) is 17.2 Å². The minimum Gasteiger partial charge on any atom is -0.462 e. The monoisotopic (exact) mass is 284 g/mol. The number of hydrogen-bond acceptors (Lipinski definition) is 3. The van der Waals surface area contributed by atoms with Gasteiger partial charge in [-0.3, -0.25) is 9.59 Å². The Morgan fingerprint density at radius 2 is 2.24 bits per heavy atom. The van der Waals surface area contributed by atoms with E-state index in [9.17, 15) is 9.59 Å². The molecule has 0 aromatic carbocycles. The van der Waals surface area contributed by atoms with Crippen LogP contribution in [0.1, 0.15) is 23.5 Å². The van der Waals surface area contributed by atoms with Gasteiger partial charge in [0.15, 0.2) is 0 Å². The summed E-state index contributed by atoms with van der Waals surface area (Å²) in [6, 6.07) is 5.50. The van der Waals surface area contributed by atoms with Crippen molar-refractivity contribution < 1.29 is 9.21 Å². The second kappa shape index (κ2) is 5.44. The van der Waals surface area contributed by atoms with Crippen molar-refractivity contribution in [2.24, 2.45) is 0 Å². The van der Waals surface area contributed by atoms with Crippen LogP contribution in [0.15, 0.2) is 39.7 Å². The Bertz CT molecular complexity index is 755. The average Bonchev–Trinajstić information content (AvgIpc) is 2.90. The Balaban J connectivity index is 1.87. The molecule has 1 aliphatic rings. The molecule has 0 radical (unpaired) electrons. The third-order valence-electron chi connectivity index (χ3n) is 3.53. The van der Waals surface area contributed by atoms with Crippen LogP contribution in [0.3, 0.4) is 0 Å². The summed E-state index contributed by atoms with van der Waals surface area (Å²) in [6.45, 7) is 2.40. The Kier molecular flexibility index (Phi) is 3.48. The smallest absolute Gasteiger partial charge is 0.272 e. The van der Waals surface area contributed by atoms with Crippen molar-refractivity contribution in [2.45, 2.75) is 19.8 Å². The fraction of sp³-hybridized carbons (Fsp3) is 0.250. The van der Waals surface area contributed by atoms with Crippen LogP contribution in [-0.2, 0) is 11.2 Å². The number of aryl methyl sites for hydroxylation is 2. The number of hydrogen-bond donors (Lipinski definition) is 1. The van der Waals surface area contributed by atoms with Gasteiger partial charge in [0.2, 0.25) is 0 Å². The quantitative estimate of drug-likeness (QED) is 0.860. The normalized spacial score (nSPS) is 14.4. The first kappa shape index (κ1) is 13.4. The molecule has 2 aromatic heterocycles. The molecule has 1 amide bonds. The number of nitrogens with zero attached hydrogens (tertiary/aromatic N) is 1. The third kappa shape index (κ3) is 2.67. The molecular formula is C16H16N2O3. The van der Waals surface area contributed by atoms with Gasteiger partial charge in [0, 0.05) is 18.8 Å². The number of furan rings is 1. The zero-order valence-corrected chi connectivity index (χ0v) is 11.8. The van der Waals surface area contributed by atoms with Crippen LogP contribution in [0, 0.1) is 6.92 Å². The van der Waals surface area contributed by atoms with Gasteiger partial charge >= 0.3 is 0 Å². The molecule has 3 heterocycles. The van der Waals surface area contributed by atoms with Gasteiger partial charge in [-0.15, -0.1) is 0 Å². The van der Waals surface area contributed by atoms with E-state index >= 15 is 0 Å². The number of carbonyl (C=O) groups is 1. The van der Waals surface area contributed by atoms with E-state index in [0.717, 1.165) is 24.2 Å². The van der Waals surface area contributed by atoms with E-state index in [2.05, 4.69) is 4.98 Å². The van der Waals surface area contributed by atoms with E-state index in [-0.39, 0.29) is 11.5 Å². The molecular weight excluding hydrogens is 268 g/mol. The van der Waals surface area contributed by atoms with Crippen molar-refractivity contribution in [1.29, 1.82) is 0 Å². The van der Waals surface area contributed by atoms with E-state index in [4.69, 9.17) is 4.42 Å². The molecule has 5 nitrogen and oxygen atoms in total. The van der Waals surface area contributed by atoms with Gasteiger partial charge in [-0.1, -0.05) is 0 Å². The lowest BCUT2D eigenvalue weighted by Gasteiger charge is -2.27. The number of H-pyrrole nitrogens is 1. The van der Waals surface area contributed by atoms with Gasteiger partial charge in [-0.05, 0) is 49.6 Å². The van der Waals surface area contributed by atoms with E-state index in [0.29, 0.717) is 18.0 Å². The summed E-state index contributed by atoms with van der Waals surface area (Å²) >= 11 is 0. The Morgan fingerprint density at radius 3 is 3.00 bits per heavy atom. The minimum absolute atomic E-state index is 0.207. The fourth-order valence-electron chi connectivity index (χ4n) is 2.55. The second-order valence-corrected chi connectivity index (χ2v) is 5.06. The molecule has 21 heavy (non-hydrogen) atoms. The second-order valence-electron chi connectivity index (χ2n) is 5.06. The topological polar surface area (TPSA) is 66.3 Å². The maximum absolute atomic E-state index is 12.3. The van der Waals surface area contributed by atoms with Gasteiger partial charge in [-0.2, -0.15) is 0 Å². The number of aromatic amines is 1. The van der Waals surface area contributed by atoms with Gasteiger partial charge in [0.05, 0.1) is 0 Å². The van der Waals surface area contributed by atoms with E-state index < -0.39 is 0 Å². The molecule has 0 spiro atoms. The highest BCUT2D eigenvalue weighted by Crippen LogP contribution is 2.23. The molecule has 0 atom stereocenters. The van der Waals surface area contributed by atoms with Crippen LogP contribution in [0.25, 0.3) is 6.08 Å². The molecule has 1 N–H and O–H groups in total. The molecule has 3 rings (SSSR count). The van der Waals surface area contributed by atoms with E-state index in [1.54, 1.807) is 18.3 Å². The Morgan fingerprint density at radius 1 is 1.38 bits per heavy atom. The summed E-state index contributed by atoms with van der Waals surface area (Å²) < 4.78 is 5.39. The van der Waals surface area contributed by atoms with Crippen LogP contribution in [-0.4, -0.2) is 17.4 Å². The molecule has 2 aromatic rings. The number of anilines is 1. The molecule has 1 aliphatic heterocycles. The number of nitrogens with one attached hydrogen (secondary N) is 1. The first-order chi connectivity index (χ1) is 10.1. The predicted octanol–water partition coefficient (Wildman–Crippen LogP) is 2.27. The number of amides is 1. The van der Waals surface area contributed by atoms with Crippen LogP contribution in [0.4, 0.5) is 5.69 Å². The first-order valence-electron chi connectivity index (χ1n) is 6.92. The highest BCUT2D eigenvalue weighted by Gasteiger charge is 2.23. The molecule has 108 valence electrons. The number of pyridine rings is 1. The zero-order chi connectivity index (χ0) is 14.8. The lowest BCUT2D eigenvalue weighted by atomic mass is 10.0. The number of carbonyl (C=O) groups excluding carboxylic acids is 1. The molecule has 0 saturated carbocycles. The van der Waals surface area contributed by atoms with Crippen LogP contribution >= 0.6 is 0 Å². The lowest BCUT2D eigenvalue weighted by Crippen LogP contribution is -2.38. The van der Waals surface area contributed by atoms with Gasteiger partial charge < -0.3 is 14.3 Å². The number of fused-ring (bicyclic) bond motifs is 1. The Hall–Kier alpha value is -2.56. The highest BCUT2D eigenvalue weighted by molar-refractivity contribution is 6.04. The highest BCUT2D eigenvalue weighted by atomic mass is 16.3. The average molecular weight is 284 g/mol. The molecule has 0 bridgehead atoms. The molecule has 0 fully saturated rings. The van der Waals surface area contributed by atoms with E-state index in [1.165, 1.54) is 11.0 Å². The molecule has 0 saturated heterocycles. The summed E-state index contributed by atoms with van der Waals surface area (Å²) in [6.07, 6.45) is 6.37. The summed E-state index contributed by atoms with van der Waals surface area (Å²) in [4.78, 5) is 28.5. The van der Waals surface area contributed by atoms with E-state index in [1.807, 2.05) is 19.1 Å². The van der Waals surface area contributed by atoms with Crippen molar-refractivity contribution in [2.75, 3.05) is 11.4 Å². The summed E-state index contributed by atoms with van der Waals surface area (Å²) in [5.41, 5.74) is 1.16. The largest absolute Gasteiger partial charge is 0.462 e. The number of aromatic nitrogens is 1. The summed E-state index contributed by atoms with van der Waals surface area (Å²) in [7, 11) is 0. The Labute approximate surface area is 121 Å². The fourth-order valence-corrected chi connectivity index (χ4v) is 2.55. The number of rotatable bonds is 2. The molecule has 0 unspecified atom stereocenters. The van der Waals surface area contributed by atoms with Crippen molar-refractivity contribution >= 4 is 17.7 Å². The van der Waals surface area contributed by atoms with Gasteiger partial charge in [-0.25, -0.2) is 0 Å². The zero-order valence-electron chi connectivity index (χ0n) is 11.8. The van der Waals surface area contributed by atoms with Gasteiger partial charge in [0.25, 0.3) is 11.5 Å². The van der Waals surface area contributed by atoms with Crippen molar-refractivity contribution in [3.8, 4) is 0 Å². The SMILES string of the molecule is Cc1ccc(/C=C/C(=O)N2CCCc3cc[nH]c(=O)c32)o1. The van der Waals surface area contributed by atoms with Crippen molar-refractivity contribution in [1.82, 2.24) is 4.98 Å². The van der Waals surface area contributed by atoms with Crippen molar-refractivity contribution in [3.63, 3.8) is 0 Å². The summed E-state index contributed by atoms with van der Waals surface area (Å²) in [5.74, 6) is 1.21. The standard InChI is InChI=1S/C16H16N2O3/c1-11-4-5-13(21-11)6-7-14(19)18-10-2-3-12-8-9-17-16(20)15(12)18/h4-9H,2-3,10H2,1H3,(H,17,20)/b7-6+. The van der Waals surface area contributed by atoms with Crippen LogP contribution in [0.2, 0.25) is 0 Å². The maximum Gasteiger partial charge on any atom is 0.272 e. The molecule has 0 aliphatic carbocycles. The first-order valence-corrected chi connectivity index (χ1v) is 6.92.